The maximum atomic E-state index is 13.2. The number of hydrogen-bond acceptors (Lipinski definition) is 4. The van der Waals surface area contributed by atoms with E-state index in [-0.39, 0.29) is 11.2 Å². The first-order chi connectivity index (χ1) is 15.5. The van der Waals surface area contributed by atoms with Crippen LogP contribution in [0.15, 0.2) is 42.5 Å². The Labute approximate surface area is 190 Å². The van der Waals surface area contributed by atoms with Crippen LogP contribution >= 0.6 is 0 Å². The van der Waals surface area contributed by atoms with Crippen molar-refractivity contribution >= 4 is 27.3 Å². The van der Waals surface area contributed by atoms with E-state index in [0.717, 1.165) is 43.2 Å². The molecular weight excluding hydrogens is 422 g/mol. The van der Waals surface area contributed by atoms with Gasteiger partial charge in [-0.3, -0.25) is 9.52 Å². The summed E-state index contributed by atoms with van der Waals surface area (Å²) in [5.74, 6) is -0.0142. The molecule has 1 heterocycles. The molecule has 0 aromatic heterocycles. The Hall–Kier alpha value is -2.85. The Balaban J connectivity index is 1.52. The number of benzene rings is 2. The lowest BCUT2D eigenvalue weighted by molar-refractivity contribution is -0.118. The highest BCUT2D eigenvalue weighted by Gasteiger charge is 2.31. The summed E-state index contributed by atoms with van der Waals surface area (Å²) in [5.41, 5.74) is 3.83. The number of aryl methyl sites for hydroxylation is 2. The van der Waals surface area contributed by atoms with E-state index in [2.05, 4.69) is 10.8 Å². The number of rotatable bonds is 6. The molecule has 0 radical (unpaired) electrons. The number of nitrogens with one attached hydrogen (secondary N) is 1. The van der Waals surface area contributed by atoms with E-state index >= 15 is 0 Å². The van der Waals surface area contributed by atoms with E-state index in [1.807, 2.05) is 24.3 Å². The van der Waals surface area contributed by atoms with Crippen LogP contribution in [0, 0.1) is 11.3 Å². The van der Waals surface area contributed by atoms with E-state index in [1.165, 1.54) is 0 Å². The van der Waals surface area contributed by atoms with Crippen LogP contribution in [-0.4, -0.2) is 26.1 Å². The quantitative estimate of drug-likeness (QED) is 0.698. The third kappa shape index (κ3) is 4.97. The van der Waals surface area contributed by atoms with Gasteiger partial charge in [0.1, 0.15) is 0 Å². The van der Waals surface area contributed by atoms with Crippen molar-refractivity contribution < 1.29 is 13.2 Å². The topological polar surface area (TPSA) is 90.3 Å². The molecule has 2 aromatic carbocycles. The second-order valence-corrected chi connectivity index (χ2v) is 10.6. The van der Waals surface area contributed by atoms with Gasteiger partial charge in [0.15, 0.2) is 0 Å². The summed E-state index contributed by atoms with van der Waals surface area (Å²) in [5, 5.41) is 8.58. The second-order valence-electron chi connectivity index (χ2n) is 8.68. The molecule has 32 heavy (non-hydrogen) atoms. The lowest BCUT2D eigenvalue weighted by Crippen LogP contribution is -2.37. The number of amides is 1. The fraction of sp³-hybridized carbons (Fsp3) is 0.440. The van der Waals surface area contributed by atoms with E-state index in [9.17, 15) is 13.2 Å². The number of hydrogen-bond donors (Lipinski definition) is 1. The normalized spacial score (nSPS) is 16.8. The molecule has 2 aromatic rings. The molecule has 0 saturated heterocycles. The van der Waals surface area contributed by atoms with Crippen LogP contribution in [0.5, 0.6) is 0 Å². The van der Waals surface area contributed by atoms with E-state index in [1.54, 1.807) is 23.1 Å². The van der Waals surface area contributed by atoms with Crippen molar-refractivity contribution in [1.82, 2.24) is 0 Å². The highest BCUT2D eigenvalue weighted by atomic mass is 32.2. The van der Waals surface area contributed by atoms with Crippen LogP contribution in [0.4, 0.5) is 11.4 Å². The van der Waals surface area contributed by atoms with Gasteiger partial charge in [-0.25, -0.2) is 8.42 Å². The van der Waals surface area contributed by atoms with Gasteiger partial charge in [0, 0.05) is 13.0 Å². The molecule has 1 aliphatic carbocycles. The summed E-state index contributed by atoms with van der Waals surface area (Å²) >= 11 is 0. The molecule has 168 valence electrons. The monoisotopic (exact) mass is 451 g/mol. The van der Waals surface area contributed by atoms with Crippen LogP contribution in [0.1, 0.15) is 61.6 Å². The first-order valence-electron chi connectivity index (χ1n) is 11.4. The molecule has 6 nitrogen and oxygen atoms in total. The molecule has 0 atom stereocenters. The Bertz CT molecular complexity index is 1110. The van der Waals surface area contributed by atoms with Crippen LogP contribution in [-0.2, 0) is 27.7 Å². The van der Waals surface area contributed by atoms with E-state index < -0.39 is 10.0 Å². The van der Waals surface area contributed by atoms with Crippen LogP contribution < -0.4 is 9.62 Å². The van der Waals surface area contributed by atoms with Crippen molar-refractivity contribution in [3.05, 3.63) is 59.2 Å². The van der Waals surface area contributed by atoms with Crippen molar-refractivity contribution in [1.29, 1.82) is 5.26 Å². The first kappa shape index (κ1) is 22.3. The molecule has 1 aliphatic heterocycles. The zero-order chi connectivity index (χ0) is 22.6. The minimum absolute atomic E-state index is 0.0142. The fourth-order valence-corrected chi connectivity index (χ4v) is 6.32. The molecule has 0 unspecified atom stereocenters. The zero-order valence-electron chi connectivity index (χ0n) is 18.2. The van der Waals surface area contributed by atoms with Crippen molar-refractivity contribution in [3.63, 3.8) is 0 Å². The standard InChI is InChI=1S/C25H29N3O3S/c26-18-20-13-11-19(12-14-20)15-16-24(29)28-17-5-7-21-6-4-10-23(25(21)28)27-32(30,31)22-8-2-1-3-9-22/h4,6,10-14,22,27H,1-3,5,7-9,15-17H2. The van der Waals surface area contributed by atoms with Gasteiger partial charge >= 0.3 is 0 Å². The molecule has 2 aliphatic rings. The Morgan fingerprint density at radius 1 is 1.06 bits per heavy atom. The molecule has 7 heteroatoms. The summed E-state index contributed by atoms with van der Waals surface area (Å²) in [6.07, 6.45) is 6.95. The van der Waals surface area contributed by atoms with Gasteiger partial charge in [0.2, 0.25) is 15.9 Å². The van der Waals surface area contributed by atoms with Crippen molar-refractivity contribution in [2.45, 2.75) is 63.0 Å². The predicted octanol–water partition coefficient (Wildman–Crippen LogP) is 4.54. The number of carbonyl (C=O) groups excluding carboxylic acids is 1. The lowest BCUT2D eigenvalue weighted by Gasteiger charge is -2.32. The number of para-hydroxylation sites is 1. The summed E-state index contributed by atoms with van der Waals surface area (Å²) in [6, 6.07) is 15.0. The SMILES string of the molecule is N#Cc1ccc(CCC(=O)N2CCCc3cccc(NS(=O)(=O)C4CCCCC4)c32)cc1. The van der Waals surface area contributed by atoms with Gasteiger partial charge in [-0.2, -0.15) is 5.26 Å². The maximum Gasteiger partial charge on any atom is 0.235 e. The first-order valence-corrected chi connectivity index (χ1v) is 13.0. The van der Waals surface area contributed by atoms with Crippen LogP contribution in [0.3, 0.4) is 0 Å². The minimum Gasteiger partial charge on any atom is -0.310 e. The molecule has 1 saturated carbocycles. The number of anilines is 2. The van der Waals surface area contributed by atoms with Gasteiger partial charge in [-0.1, -0.05) is 43.5 Å². The Kier molecular flexibility index (Phi) is 6.80. The number of nitrogens with zero attached hydrogens (tertiary/aromatic N) is 2. The van der Waals surface area contributed by atoms with Crippen molar-refractivity contribution in [2.24, 2.45) is 0 Å². The summed E-state index contributed by atoms with van der Waals surface area (Å²) in [4.78, 5) is 14.9. The molecule has 4 rings (SSSR count). The number of sulfonamides is 1. The maximum absolute atomic E-state index is 13.2. The molecule has 1 fully saturated rings. The zero-order valence-corrected chi connectivity index (χ0v) is 19.0. The lowest BCUT2D eigenvalue weighted by atomic mass is 9.99. The number of fused-ring (bicyclic) bond motifs is 1. The van der Waals surface area contributed by atoms with Gasteiger partial charge in [-0.15, -0.1) is 0 Å². The van der Waals surface area contributed by atoms with E-state index in [4.69, 9.17) is 5.26 Å². The average Bonchev–Trinajstić information content (AvgIpc) is 2.83. The highest BCUT2D eigenvalue weighted by Crippen LogP contribution is 2.37. The Morgan fingerprint density at radius 2 is 1.81 bits per heavy atom. The average molecular weight is 452 g/mol. The fourth-order valence-electron chi connectivity index (χ4n) is 4.73. The molecule has 1 amide bonds. The smallest absolute Gasteiger partial charge is 0.235 e. The molecule has 1 N–H and O–H groups in total. The van der Waals surface area contributed by atoms with Gasteiger partial charge in [-0.05, 0) is 61.4 Å². The predicted molar refractivity (Wildman–Crippen MR) is 126 cm³/mol. The van der Waals surface area contributed by atoms with Crippen molar-refractivity contribution in [2.75, 3.05) is 16.2 Å². The van der Waals surface area contributed by atoms with Crippen LogP contribution in [0.25, 0.3) is 0 Å². The summed E-state index contributed by atoms with van der Waals surface area (Å²) in [6.45, 7) is 0.585. The summed E-state index contributed by atoms with van der Waals surface area (Å²) < 4.78 is 28.9. The number of carbonyl (C=O) groups is 1. The largest absolute Gasteiger partial charge is 0.310 e. The van der Waals surface area contributed by atoms with Gasteiger partial charge in [0.25, 0.3) is 0 Å². The Morgan fingerprint density at radius 3 is 2.53 bits per heavy atom. The third-order valence-corrected chi connectivity index (χ3v) is 8.33. The summed E-state index contributed by atoms with van der Waals surface area (Å²) in [7, 11) is -3.50. The molecular formula is C25H29N3O3S. The van der Waals surface area contributed by atoms with E-state index in [0.29, 0.717) is 49.2 Å². The number of nitriles is 1. The molecule has 0 bridgehead atoms. The van der Waals surface area contributed by atoms with Gasteiger partial charge in [0.05, 0.1) is 28.3 Å². The van der Waals surface area contributed by atoms with Crippen molar-refractivity contribution in [3.8, 4) is 6.07 Å². The third-order valence-electron chi connectivity index (χ3n) is 6.47. The minimum atomic E-state index is -3.50. The van der Waals surface area contributed by atoms with Gasteiger partial charge < -0.3 is 4.90 Å². The second kappa shape index (κ2) is 9.74. The highest BCUT2D eigenvalue weighted by molar-refractivity contribution is 7.93. The van der Waals surface area contributed by atoms with Crippen LogP contribution in [0.2, 0.25) is 0 Å². The molecule has 0 spiro atoms.